The zero-order valence-corrected chi connectivity index (χ0v) is 7.84. The van der Waals surface area contributed by atoms with Crippen molar-refractivity contribution in [3.63, 3.8) is 0 Å². The summed E-state index contributed by atoms with van der Waals surface area (Å²) >= 11 is 0. The summed E-state index contributed by atoms with van der Waals surface area (Å²) < 4.78 is 26.1. The van der Waals surface area contributed by atoms with Crippen LogP contribution in [-0.4, -0.2) is 44.1 Å². The average Bonchev–Trinajstić information content (AvgIpc) is 2.52. The topological polar surface area (TPSA) is 69.6 Å². The normalized spacial score (nSPS) is 26.3. The van der Waals surface area contributed by atoms with Crippen LogP contribution in [0.4, 0.5) is 0 Å². The van der Waals surface area contributed by atoms with E-state index in [2.05, 4.69) is 4.72 Å². The van der Waals surface area contributed by atoms with E-state index in [9.17, 15) is 8.42 Å². The number of nitrogens with zero attached hydrogens (tertiary/aromatic N) is 1. The van der Waals surface area contributed by atoms with Gasteiger partial charge < -0.3 is 5.11 Å². The van der Waals surface area contributed by atoms with Crippen LogP contribution >= 0.6 is 0 Å². The number of rotatable bonds is 3. The van der Waals surface area contributed by atoms with Crippen molar-refractivity contribution in [3.05, 3.63) is 0 Å². The van der Waals surface area contributed by atoms with Crippen molar-refractivity contribution < 1.29 is 13.5 Å². The van der Waals surface area contributed by atoms with Crippen LogP contribution in [0, 0.1) is 0 Å². The molecule has 1 saturated heterocycles. The maximum absolute atomic E-state index is 11.3. The molecular formula is C6H14N2O3S. The molecule has 0 amide bonds. The molecule has 1 rings (SSSR count). The van der Waals surface area contributed by atoms with Crippen molar-refractivity contribution in [2.45, 2.75) is 18.9 Å². The molecule has 1 aliphatic heterocycles. The SMILES string of the molecule is CNS(=O)(=O)N1CCC[C@H]1CO. The Labute approximate surface area is 72.6 Å². The summed E-state index contributed by atoms with van der Waals surface area (Å²) in [5.41, 5.74) is 0. The fourth-order valence-corrected chi connectivity index (χ4v) is 2.59. The Bertz CT molecular complexity index is 239. The van der Waals surface area contributed by atoms with Gasteiger partial charge in [0.05, 0.1) is 6.61 Å². The lowest BCUT2D eigenvalue weighted by Gasteiger charge is -2.21. The van der Waals surface area contributed by atoms with E-state index in [-0.39, 0.29) is 12.6 Å². The molecule has 1 aliphatic rings. The van der Waals surface area contributed by atoms with Gasteiger partial charge in [0.15, 0.2) is 0 Å². The first kappa shape index (κ1) is 9.91. The Balaban J connectivity index is 2.74. The van der Waals surface area contributed by atoms with Gasteiger partial charge in [0.1, 0.15) is 0 Å². The smallest absolute Gasteiger partial charge is 0.279 e. The van der Waals surface area contributed by atoms with E-state index < -0.39 is 10.2 Å². The average molecular weight is 194 g/mol. The van der Waals surface area contributed by atoms with Crippen molar-refractivity contribution in [2.24, 2.45) is 0 Å². The molecule has 1 fully saturated rings. The van der Waals surface area contributed by atoms with Crippen molar-refractivity contribution in [2.75, 3.05) is 20.2 Å². The monoisotopic (exact) mass is 194 g/mol. The first-order valence-corrected chi connectivity index (χ1v) is 5.37. The lowest BCUT2D eigenvalue weighted by atomic mass is 10.2. The fraction of sp³-hybridized carbons (Fsp3) is 1.00. The Hall–Kier alpha value is -0.170. The van der Waals surface area contributed by atoms with Gasteiger partial charge in [-0.15, -0.1) is 0 Å². The highest BCUT2D eigenvalue weighted by Gasteiger charge is 2.32. The summed E-state index contributed by atoms with van der Waals surface area (Å²) in [6.45, 7) is 0.412. The number of hydrogen-bond acceptors (Lipinski definition) is 3. The molecule has 6 heteroatoms. The molecule has 0 unspecified atom stereocenters. The van der Waals surface area contributed by atoms with Crippen molar-refractivity contribution in [3.8, 4) is 0 Å². The van der Waals surface area contributed by atoms with E-state index in [1.807, 2.05) is 0 Å². The summed E-state index contributed by atoms with van der Waals surface area (Å²) in [5, 5.41) is 8.86. The van der Waals surface area contributed by atoms with Crippen LogP contribution in [0.2, 0.25) is 0 Å². The standard InChI is InChI=1S/C6H14N2O3S/c1-7-12(10,11)8-4-2-3-6(8)5-9/h6-7,9H,2-5H2,1H3/t6-/m0/s1. The molecule has 0 spiro atoms. The molecule has 0 radical (unpaired) electrons. The van der Waals surface area contributed by atoms with E-state index in [0.717, 1.165) is 12.8 Å². The minimum absolute atomic E-state index is 0.0963. The van der Waals surface area contributed by atoms with Crippen LogP contribution in [0.5, 0.6) is 0 Å². The van der Waals surface area contributed by atoms with E-state index in [0.29, 0.717) is 6.54 Å². The lowest BCUT2D eigenvalue weighted by molar-refractivity contribution is 0.212. The first-order valence-electron chi connectivity index (χ1n) is 3.93. The predicted molar refractivity (Wildman–Crippen MR) is 44.8 cm³/mol. The second kappa shape index (κ2) is 3.69. The molecule has 1 heterocycles. The van der Waals surface area contributed by atoms with Crippen LogP contribution in [-0.2, 0) is 10.2 Å². The molecule has 0 aromatic carbocycles. The molecule has 1 atom stereocenters. The van der Waals surface area contributed by atoms with Gasteiger partial charge in [-0.1, -0.05) is 0 Å². The first-order chi connectivity index (χ1) is 5.61. The van der Waals surface area contributed by atoms with Gasteiger partial charge in [0, 0.05) is 19.6 Å². The zero-order chi connectivity index (χ0) is 9.19. The highest BCUT2D eigenvalue weighted by Crippen LogP contribution is 2.18. The molecule has 0 aromatic heterocycles. The van der Waals surface area contributed by atoms with Crippen LogP contribution in [0.1, 0.15) is 12.8 Å². The summed E-state index contributed by atoms with van der Waals surface area (Å²) in [7, 11) is -1.96. The van der Waals surface area contributed by atoms with E-state index in [1.165, 1.54) is 11.4 Å². The van der Waals surface area contributed by atoms with E-state index in [1.54, 1.807) is 0 Å². The van der Waals surface area contributed by atoms with Gasteiger partial charge in [-0.2, -0.15) is 12.7 Å². The number of aliphatic hydroxyl groups excluding tert-OH is 1. The van der Waals surface area contributed by atoms with Crippen molar-refractivity contribution in [1.29, 1.82) is 0 Å². The summed E-state index contributed by atoms with van der Waals surface area (Å²) in [6, 6.07) is -0.234. The van der Waals surface area contributed by atoms with Crippen LogP contribution in [0.3, 0.4) is 0 Å². The Morgan fingerprint density at radius 2 is 2.33 bits per heavy atom. The minimum atomic E-state index is -3.34. The Morgan fingerprint density at radius 3 is 2.83 bits per heavy atom. The molecule has 0 aromatic rings. The van der Waals surface area contributed by atoms with Crippen LogP contribution in [0.25, 0.3) is 0 Å². The minimum Gasteiger partial charge on any atom is -0.395 e. The molecule has 0 bridgehead atoms. The number of hydrogen-bond donors (Lipinski definition) is 2. The molecular weight excluding hydrogens is 180 g/mol. The highest BCUT2D eigenvalue weighted by atomic mass is 32.2. The quantitative estimate of drug-likeness (QED) is 0.599. The van der Waals surface area contributed by atoms with Crippen LogP contribution in [0.15, 0.2) is 0 Å². The molecule has 0 aliphatic carbocycles. The van der Waals surface area contributed by atoms with Gasteiger partial charge in [-0.3, -0.25) is 0 Å². The summed E-state index contributed by atoms with van der Waals surface area (Å²) in [4.78, 5) is 0. The van der Waals surface area contributed by atoms with Gasteiger partial charge in [-0.05, 0) is 12.8 Å². The fourth-order valence-electron chi connectivity index (χ4n) is 1.43. The van der Waals surface area contributed by atoms with Gasteiger partial charge in [-0.25, -0.2) is 4.72 Å². The third-order valence-corrected chi connectivity index (χ3v) is 3.71. The maximum Gasteiger partial charge on any atom is 0.279 e. The van der Waals surface area contributed by atoms with Crippen molar-refractivity contribution in [1.82, 2.24) is 9.03 Å². The molecule has 72 valence electrons. The third kappa shape index (κ3) is 1.77. The molecule has 0 saturated carbocycles. The molecule has 2 N–H and O–H groups in total. The number of nitrogens with one attached hydrogen (secondary N) is 1. The Morgan fingerprint density at radius 1 is 1.67 bits per heavy atom. The molecule has 12 heavy (non-hydrogen) atoms. The maximum atomic E-state index is 11.3. The van der Waals surface area contributed by atoms with E-state index in [4.69, 9.17) is 5.11 Å². The highest BCUT2D eigenvalue weighted by molar-refractivity contribution is 7.87. The lowest BCUT2D eigenvalue weighted by Crippen LogP contribution is -2.43. The van der Waals surface area contributed by atoms with Crippen LogP contribution < -0.4 is 4.72 Å². The second-order valence-electron chi connectivity index (χ2n) is 2.80. The third-order valence-electron chi connectivity index (χ3n) is 2.10. The van der Waals surface area contributed by atoms with Crippen molar-refractivity contribution >= 4 is 10.2 Å². The summed E-state index contributed by atoms with van der Waals surface area (Å²) in [6.07, 6.45) is 1.57. The summed E-state index contributed by atoms with van der Waals surface area (Å²) in [5.74, 6) is 0. The van der Waals surface area contributed by atoms with E-state index >= 15 is 0 Å². The number of aliphatic hydroxyl groups is 1. The zero-order valence-electron chi connectivity index (χ0n) is 7.02. The predicted octanol–water partition coefficient (Wildman–Crippen LogP) is -1.09. The van der Waals surface area contributed by atoms with Gasteiger partial charge in [0.2, 0.25) is 0 Å². The molecule has 5 nitrogen and oxygen atoms in total. The van der Waals surface area contributed by atoms with Gasteiger partial charge >= 0.3 is 0 Å². The van der Waals surface area contributed by atoms with Gasteiger partial charge in [0.25, 0.3) is 10.2 Å². The Kier molecular flexibility index (Phi) is 3.05. The second-order valence-corrected chi connectivity index (χ2v) is 4.63. The largest absolute Gasteiger partial charge is 0.395 e.